The first-order valence-electron chi connectivity index (χ1n) is 10.0. The van der Waals surface area contributed by atoms with E-state index >= 15 is 0 Å². The summed E-state index contributed by atoms with van der Waals surface area (Å²) < 4.78 is 56.7. The Hall–Kier alpha value is -4.08. The number of carbonyl (C=O) groups is 2. The number of rotatable bonds is 5. The maximum Gasteiger partial charge on any atom is 0.443 e. The summed E-state index contributed by atoms with van der Waals surface area (Å²) in [5, 5.41) is 9.92. The molecular weight excluding hydrogens is 458 g/mol. The van der Waals surface area contributed by atoms with Crippen molar-refractivity contribution in [2.24, 2.45) is 0 Å². The number of hydrogen-bond acceptors (Lipinski definition) is 4. The number of aliphatic carboxylic acids is 1. The first kappa shape index (κ1) is 23.1. The van der Waals surface area contributed by atoms with Crippen LogP contribution in [-0.2, 0) is 35.3 Å². The van der Waals surface area contributed by atoms with Crippen molar-refractivity contribution < 1.29 is 41.8 Å². The molecule has 34 heavy (non-hydrogen) atoms. The fourth-order valence-corrected chi connectivity index (χ4v) is 3.51. The van der Waals surface area contributed by atoms with E-state index in [1.54, 1.807) is 36.4 Å². The van der Waals surface area contributed by atoms with Crippen molar-refractivity contribution in [3.05, 3.63) is 88.7 Å². The molecule has 1 heterocycles. The summed E-state index contributed by atoms with van der Waals surface area (Å²) in [5.74, 6) is -1.97. The van der Waals surface area contributed by atoms with Crippen LogP contribution in [0.15, 0.2) is 60.7 Å². The van der Waals surface area contributed by atoms with Gasteiger partial charge in [-0.25, -0.2) is 9.18 Å². The van der Waals surface area contributed by atoms with Crippen LogP contribution in [0.2, 0.25) is 0 Å². The van der Waals surface area contributed by atoms with Gasteiger partial charge >= 0.3 is 18.2 Å². The van der Waals surface area contributed by atoms with E-state index in [4.69, 9.17) is 14.7 Å². The van der Waals surface area contributed by atoms with Gasteiger partial charge in [0.15, 0.2) is 5.75 Å². The van der Waals surface area contributed by atoms with E-state index in [1.807, 2.05) is 6.07 Å². The van der Waals surface area contributed by atoms with Crippen LogP contribution >= 0.6 is 0 Å². The molecule has 1 aliphatic rings. The van der Waals surface area contributed by atoms with Gasteiger partial charge in [0.2, 0.25) is 0 Å². The Bertz CT molecular complexity index is 1260. The summed E-state index contributed by atoms with van der Waals surface area (Å²) in [6, 6.07) is 14.6. The molecule has 0 unspecified atom stereocenters. The summed E-state index contributed by atoms with van der Waals surface area (Å²) in [4.78, 5) is 28.8. The molecule has 0 atom stereocenters. The van der Waals surface area contributed by atoms with Crippen LogP contribution in [0.1, 0.15) is 22.3 Å². The summed E-state index contributed by atoms with van der Waals surface area (Å²) in [6.45, 7) is -0.385. The minimum absolute atomic E-state index is 0.0538. The van der Waals surface area contributed by atoms with Gasteiger partial charge in [-0.3, -0.25) is 4.79 Å². The predicted octanol–water partition coefficient (Wildman–Crippen LogP) is 5.58. The van der Waals surface area contributed by atoms with Crippen molar-refractivity contribution in [3.8, 4) is 16.9 Å². The van der Waals surface area contributed by atoms with Gasteiger partial charge in [0.1, 0.15) is 12.4 Å². The Labute approximate surface area is 190 Å². The Morgan fingerprint density at radius 3 is 2.47 bits per heavy atom. The fourth-order valence-electron chi connectivity index (χ4n) is 3.51. The molecule has 0 aliphatic carbocycles. The monoisotopic (exact) mass is 475 g/mol. The smallest absolute Gasteiger partial charge is 0.443 e. The molecular formula is C24H17F4NO5. The van der Waals surface area contributed by atoms with Crippen molar-refractivity contribution >= 4 is 12.1 Å². The molecule has 6 nitrogen and oxygen atoms in total. The number of carboxylic acid groups (broad SMARTS) is 1. The molecule has 4 rings (SSSR count). The highest BCUT2D eigenvalue weighted by atomic mass is 19.4. The molecule has 1 aliphatic heterocycles. The molecule has 10 heteroatoms. The molecule has 0 saturated carbocycles. The average molecular weight is 475 g/mol. The maximum atomic E-state index is 13.7. The maximum absolute atomic E-state index is 13.7. The summed E-state index contributed by atoms with van der Waals surface area (Å²) >= 11 is 0. The van der Waals surface area contributed by atoms with E-state index in [1.165, 1.54) is 0 Å². The largest absolute Gasteiger partial charge is 0.481 e. The molecule has 176 valence electrons. The number of carbonyl (C=O) groups excluding carboxylic acids is 1. The average Bonchev–Trinajstić information content (AvgIpc) is 3.20. The lowest BCUT2D eigenvalue weighted by molar-refractivity contribution is -0.140. The SMILES string of the molecule is O=C(O)Cc1cccc(-c2ccc3c(c2)CN(C(=O)OCc2ccc(C(F)(F)F)c(F)c2)O3)c1. The highest BCUT2D eigenvalue weighted by molar-refractivity contribution is 5.73. The van der Waals surface area contributed by atoms with E-state index in [-0.39, 0.29) is 18.5 Å². The number of hydrogen-bond donors (Lipinski definition) is 1. The molecule has 1 N–H and O–H groups in total. The minimum atomic E-state index is -4.81. The van der Waals surface area contributed by atoms with Gasteiger partial charge < -0.3 is 14.7 Å². The second-order valence-corrected chi connectivity index (χ2v) is 7.59. The lowest BCUT2D eigenvalue weighted by atomic mass is 10.00. The number of hydroxylamine groups is 2. The van der Waals surface area contributed by atoms with Crippen molar-refractivity contribution in [1.29, 1.82) is 0 Å². The number of nitrogens with zero attached hydrogens (tertiary/aromatic N) is 1. The van der Waals surface area contributed by atoms with Gasteiger partial charge in [-0.05, 0) is 46.5 Å². The van der Waals surface area contributed by atoms with Crippen LogP contribution in [0.3, 0.4) is 0 Å². The van der Waals surface area contributed by atoms with Crippen LogP contribution in [0, 0.1) is 5.82 Å². The van der Waals surface area contributed by atoms with E-state index < -0.39 is 36.2 Å². The molecule has 0 aromatic heterocycles. The van der Waals surface area contributed by atoms with Crippen LogP contribution in [0.4, 0.5) is 22.4 Å². The molecule has 0 radical (unpaired) electrons. The van der Waals surface area contributed by atoms with Crippen molar-refractivity contribution in [2.45, 2.75) is 25.7 Å². The summed E-state index contributed by atoms with van der Waals surface area (Å²) in [6.07, 6.45) is -5.81. The predicted molar refractivity (Wildman–Crippen MR) is 111 cm³/mol. The first-order valence-corrected chi connectivity index (χ1v) is 10.0. The third-order valence-corrected chi connectivity index (χ3v) is 5.10. The Kier molecular flexibility index (Phi) is 6.14. The van der Waals surface area contributed by atoms with Crippen LogP contribution in [-0.4, -0.2) is 22.2 Å². The Morgan fingerprint density at radius 2 is 1.76 bits per heavy atom. The molecule has 0 spiro atoms. The minimum Gasteiger partial charge on any atom is -0.481 e. The molecule has 3 aromatic rings. The third-order valence-electron chi connectivity index (χ3n) is 5.10. The number of halogens is 4. The Morgan fingerprint density at radius 1 is 1.00 bits per heavy atom. The number of fused-ring (bicyclic) bond motifs is 1. The second-order valence-electron chi connectivity index (χ2n) is 7.59. The lowest BCUT2D eigenvalue weighted by Crippen LogP contribution is -2.29. The first-order chi connectivity index (χ1) is 16.1. The summed E-state index contributed by atoms with van der Waals surface area (Å²) in [5.41, 5.74) is 1.58. The Balaban J connectivity index is 1.40. The van der Waals surface area contributed by atoms with Gasteiger partial charge in [0, 0.05) is 5.56 Å². The number of amides is 1. The fraction of sp³-hybridized carbons (Fsp3) is 0.167. The van der Waals surface area contributed by atoms with Gasteiger partial charge in [-0.1, -0.05) is 36.4 Å². The summed E-state index contributed by atoms with van der Waals surface area (Å²) in [7, 11) is 0. The molecule has 0 bridgehead atoms. The van der Waals surface area contributed by atoms with Crippen LogP contribution in [0.25, 0.3) is 11.1 Å². The lowest BCUT2D eigenvalue weighted by Gasteiger charge is -2.15. The van der Waals surface area contributed by atoms with Gasteiger partial charge in [0.05, 0.1) is 18.5 Å². The van der Waals surface area contributed by atoms with E-state index in [2.05, 4.69) is 0 Å². The van der Waals surface area contributed by atoms with Gasteiger partial charge in [-0.2, -0.15) is 13.2 Å². The molecule has 0 fully saturated rings. The molecule has 0 saturated heterocycles. The van der Waals surface area contributed by atoms with Gasteiger partial charge in [0.25, 0.3) is 0 Å². The van der Waals surface area contributed by atoms with Crippen molar-refractivity contribution in [1.82, 2.24) is 5.06 Å². The van der Waals surface area contributed by atoms with E-state index in [0.29, 0.717) is 29.0 Å². The highest BCUT2D eigenvalue weighted by Crippen LogP contribution is 2.34. The zero-order valence-corrected chi connectivity index (χ0v) is 17.4. The number of benzene rings is 3. The number of carboxylic acids is 1. The zero-order valence-electron chi connectivity index (χ0n) is 17.4. The topological polar surface area (TPSA) is 76.1 Å². The van der Waals surface area contributed by atoms with Crippen LogP contribution in [0.5, 0.6) is 5.75 Å². The third kappa shape index (κ3) is 5.11. The number of ether oxygens (including phenoxy) is 1. The van der Waals surface area contributed by atoms with E-state index in [9.17, 15) is 27.2 Å². The number of alkyl halides is 3. The van der Waals surface area contributed by atoms with E-state index in [0.717, 1.165) is 22.3 Å². The highest BCUT2D eigenvalue weighted by Gasteiger charge is 2.34. The van der Waals surface area contributed by atoms with Gasteiger partial charge in [-0.15, -0.1) is 5.06 Å². The van der Waals surface area contributed by atoms with Crippen molar-refractivity contribution in [2.75, 3.05) is 0 Å². The standard InChI is InChI=1S/C24H17F4NO5/c25-20-9-15(4-6-19(20)24(26,27)28)13-33-23(32)29-12-18-11-17(5-7-21(18)34-29)16-3-1-2-14(8-16)10-22(30)31/h1-9,11H,10,12-13H2,(H,30,31). The zero-order chi connectivity index (χ0) is 24.5. The van der Waals surface area contributed by atoms with Crippen LogP contribution < -0.4 is 4.84 Å². The normalized spacial score (nSPS) is 12.8. The quantitative estimate of drug-likeness (QED) is 0.488. The molecule has 1 amide bonds. The second kappa shape index (κ2) is 9.05. The molecule has 3 aromatic carbocycles. The van der Waals surface area contributed by atoms with Crippen molar-refractivity contribution in [3.63, 3.8) is 0 Å².